The third-order valence-electron chi connectivity index (χ3n) is 3.98. The normalized spacial score (nSPS) is 22.3. The number of nitrogens with one attached hydrogen (secondary N) is 1. The van der Waals surface area contributed by atoms with E-state index in [1.165, 1.54) is 0 Å². The molecule has 0 radical (unpaired) electrons. The summed E-state index contributed by atoms with van der Waals surface area (Å²) >= 11 is 0. The zero-order chi connectivity index (χ0) is 17.9. The number of carboxylic acids is 1. The van der Waals surface area contributed by atoms with Crippen LogP contribution in [0.5, 0.6) is 0 Å². The van der Waals surface area contributed by atoms with Crippen LogP contribution in [-0.4, -0.2) is 53.3 Å². The van der Waals surface area contributed by atoms with Gasteiger partial charge in [-0.2, -0.15) is 0 Å². The molecule has 3 atom stereocenters. The fraction of sp³-hybridized carbons (Fsp3) is 0.588. The first-order valence-corrected chi connectivity index (χ1v) is 8.18. The van der Waals surface area contributed by atoms with Gasteiger partial charge in [-0.15, -0.1) is 0 Å². The number of aromatic nitrogens is 1. The fourth-order valence-corrected chi connectivity index (χ4v) is 2.86. The molecule has 24 heavy (non-hydrogen) atoms. The van der Waals surface area contributed by atoms with Crippen molar-refractivity contribution in [2.45, 2.75) is 45.9 Å². The summed E-state index contributed by atoms with van der Waals surface area (Å²) in [5, 5.41) is 11.7. The number of pyridine rings is 1. The molecule has 0 spiro atoms. The maximum absolute atomic E-state index is 12.3. The number of carbonyl (C=O) groups is 2. The zero-order valence-electron chi connectivity index (χ0n) is 14.5. The molecule has 1 aliphatic rings. The molecule has 2 heterocycles. The van der Waals surface area contributed by atoms with Gasteiger partial charge in [-0.05, 0) is 31.9 Å². The second-order valence-electron chi connectivity index (χ2n) is 6.59. The van der Waals surface area contributed by atoms with Gasteiger partial charge in [0, 0.05) is 25.0 Å². The number of carbonyl (C=O) groups excluding carboxylic acids is 1. The molecule has 2 N–H and O–H groups in total. The van der Waals surface area contributed by atoms with Crippen LogP contribution >= 0.6 is 0 Å². The van der Waals surface area contributed by atoms with E-state index in [2.05, 4.69) is 15.2 Å². The lowest BCUT2D eigenvalue weighted by atomic mass is 10.0. The predicted octanol–water partition coefficient (Wildman–Crippen LogP) is 1.53. The molecule has 0 saturated carbocycles. The number of rotatable bonds is 5. The third kappa shape index (κ3) is 4.44. The summed E-state index contributed by atoms with van der Waals surface area (Å²) < 4.78 is 5.72. The topological polar surface area (TPSA) is 91.8 Å². The van der Waals surface area contributed by atoms with E-state index >= 15 is 0 Å². The Hall–Kier alpha value is -2.15. The Balaban J connectivity index is 2.14. The Morgan fingerprint density at radius 3 is 2.50 bits per heavy atom. The van der Waals surface area contributed by atoms with Crippen LogP contribution in [0.15, 0.2) is 18.3 Å². The number of nitrogens with zero attached hydrogens (tertiary/aromatic N) is 2. The van der Waals surface area contributed by atoms with Gasteiger partial charge in [0.15, 0.2) is 0 Å². The molecule has 7 heteroatoms. The molecule has 1 saturated heterocycles. The van der Waals surface area contributed by atoms with Crippen molar-refractivity contribution in [1.29, 1.82) is 0 Å². The number of carboxylic acid groups (broad SMARTS) is 1. The van der Waals surface area contributed by atoms with Gasteiger partial charge in [-0.3, -0.25) is 9.78 Å². The Bertz CT molecular complexity index is 595. The van der Waals surface area contributed by atoms with Gasteiger partial charge in [-0.1, -0.05) is 13.8 Å². The zero-order valence-corrected chi connectivity index (χ0v) is 14.5. The van der Waals surface area contributed by atoms with Gasteiger partial charge in [-0.25, -0.2) is 4.79 Å². The monoisotopic (exact) mass is 335 g/mol. The summed E-state index contributed by atoms with van der Waals surface area (Å²) in [6.45, 7) is 8.99. The quantitative estimate of drug-likeness (QED) is 0.848. The lowest BCUT2D eigenvalue weighted by Crippen LogP contribution is -2.46. The van der Waals surface area contributed by atoms with Gasteiger partial charge in [0.25, 0.3) is 5.91 Å². The van der Waals surface area contributed by atoms with E-state index in [-0.39, 0.29) is 23.8 Å². The highest BCUT2D eigenvalue weighted by molar-refractivity contribution is 5.95. The summed E-state index contributed by atoms with van der Waals surface area (Å²) in [5.41, 5.74) is 1.10. The molecule has 1 fully saturated rings. The minimum Gasteiger partial charge on any atom is -0.480 e. The van der Waals surface area contributed by atoms with Crippen molar-refractivity contribution < 1.29 is 19.4 Å². The highest BCUT2D eigenvalue weighted by Gasteiger charge is 2.26. The average Bonchev–Trinajstić information content (AvgIpc) is 2.51. The number of hydrogen-bond acceptors (Lipinski definition) is 5. The van der Waals surface area contributed by atoms with E-state index in [0.29, 0.717) is 0 Å². The summed E-state index contributed by atoms with van der Waals surface area (Å²) in [6, 6.07) is 2.60. The van der Waals surface area contributed by atoms with Crippen LogP contribution in [-0.2, 0) is 9.53 Å². The molecule has 0 aromatic carbocycles. The third-order valence-corrected chi connectivity index (χ3v) is 3.98. The molecule has 1 amide bonds. The van der Waals surface area contributed by atoms with Crippen LogP contribution in [0.4, 0.5) is 5.69 Å². The minimum absolute atomic E-state index is 0.108. The van der Waals surface area contributed by atoms with Crippen molar-refractivity contribution in [3.05, 3.63) is 24.0 Å². The molecule has 0 bridgehead atoms. The van der Waals surface area contributed by atoms with E-state index in [0.717, 1.165) is 18.8 Å². The Kier molecular flexibility index (Phi) is 5.77. The van der Waals surface area contributed by atoms with Gasteiger partial charge in [0.1, 0.15) is 11.7 Å². The van der Waals surface area contributed by atoms with Crippen molar-refractivity contribution in [3.8, 4) is 0 Å². The first kappa shape index (κ1) is 18.2. The van der Waals surface area contributed by atoms with Crippen molar-refractivity contribution in [1.82, 2.24) is 10.3 Å². The molecule has 2 unspecified atom stereocenters. The number of aliphatic carboxylic acids is 1. The highest BCUT2D eigenvalue weighted by Crippen LogP contribution is 2.20. The lowest BCUT2D eigenvalue weighted by Gasteiger charge is -2.36. The largest absolute Gasteiger partial charge is 0.480 e. The summed E-state index contributed by atoms with van der Waals surface area (Å²) in [5.74, 6) is -1.74. The number of ether oxygens (including phenoxy) is 1. The van der Waals surface area contributed by atoms with Gasteiger partial charge in [0.05, 0.1) is 12.2 Å². The van der Waals surface area contributed by atoms with Gasteiger partial charge in [0.2, 0.25) is 0 Å². The van der Waals surface area contributed by atoms with E-state index in [9.17, 15) is 14.7 Å². The van der Waals surface area contributed by atoms with Crippen LogP contribution in [0.3, 0.4) is 0 Å². The second-order valence-corrected chi connectivity index (χ2v) is 6.59. The number of morpholine rings is 1. The number of amides is 1. The molecule has 7 nitrogen and oxygen atoms in total. The van der Waals surface area contributed by atoms with Crippen molar-refractivity contribution in [2.75, 3.05) is 18.0 Å². The summed E-state index contributed by atoms with van der Waals surface area (Å²) in [7, 11) is 0. The van der Waals surface area contributed by atoms with E-state index < -0.39 is 17.9 Å². The molecule has 1 aromatic rings. The standard InChI is InChI=1S/C17H25N3O4/c1-10(2)15(17(22)23)19-16(21)14-7-13(5-6-18-14)20-8-11(3)24-12(4)9-20/h5-7,10-12,15H,8-9H2,1-4H3,(H,19,21)(H,22,23)/t11?,12?,15-/m1/s1. The maximum atomic E-state index is 12.3. The number of anilines is 1. The molecular weight excluding hydrogens is 310 g/mol. The first-order chi connectivity index (χ1) is 11.3. The maximum Gasteiger partial charge on any atom is 0.326 e. The molecule has 132 valence electrons. The fourth-order valence-electron chi connectivity index (χ4n) is 2.86. The molecule has 1 aliphatic heterocycles. The Morgan fingerprint density at radius 1 is 1.33 bits per heavy atom. The minimum atomic E-state index is -1.05. The average molecular weight is 335 g/mol. The molecule has 1 aromatic heterocycles. The first-order valence-electron chi connectivity index (χ1n) is 8.18. The molecule has 0 aliphatic carbocycles. The van der Waals surface area contributed by atoms with Crippen LogP contribution in [0, 0.1) is 5.92 Å². The van der Waals surface area contributed by atoms with Crippen molar-refractivity contribution >= 4 is 17.6 Å². The molecule has 2 rings (SSSR count). The number of hydrogen-bond donors (Lipinski definition) is 2. The highest BCUT2D eigenvalue weighted by atomic mass is 16.5. The summed E-state index contributed by atoms with van der Waals surface area (Å²) in [6.07, 6.45) is 1.79. The smallest absolute Gasteiger partial charge is 0.326 e. The van der Waals surface area contributed by atoms with Crippen molar-refractivity contribution in [2.24, 2.45) is 5.92 Å². The van der Waals surface area contributed by atoms with Crippen LogP contribution in [0.1, 0.15) is 38.2 Å². The van der Waals surface area contributed by atoms with E-state index in [4.69, 9.17) is 4.74 Å². The Labute approximate surface area is 142 Å². The lowest BCUT2D eigenvalue weighted by molar-refractivity contribution is -0.140. The summed E-state index contributed by atoms with van der Waals surface area (Å²) in [4.78, 5) is 29.8. The van der Waals surface area contributed by atoms with Crippen LogP contribution < -0.4 is 10.2 Å². The van der Waals surface area contributed by atoms with E-state index in [1.54, 1.807) is 26.1 Å². The SMILES string of the molecule is CC1CN(c2ccnc(C(=O)N[C@@H](C(=O)O)C(C)C)c2)CC(C)O1. The van der Waals surface area contributed by atoms with Crippen LogP contribution in [0.25, 0.3) is 0 Å². The van der Waals surface area contributed by atoms with Crippen molar-refractivity contribution in [3.63, 3.8) is 0 Å². The Morgan fingerprint density at radius 2 is 1.96 bits per heavy atom. The van der Waals surface area contributed by atoms with Gasteiger partial charge >= 0.3 is 5.97 Å². The second kappa shape index (κ2) is 7.61. The predicted molar refractivity (Wildman–Crippen MR) is 90.2 cm³/mol. The van der Waals surface area contributed by atoms with Crippen LogP contribution in [0.2, 0.25) is 0 Å². The van der Waals surface area contributed by atoms with E-state index in [1.807, 2.05) is 19.9 Å². The molecular formula is C17H25N3O4. The van der Waals surface area contributed by atoms with Gasteiger partial charge < -0.3 is 20.1 Å².